The molecule has 0 saturated heterocycles. The van der Waals surface area contributed by atoms with Crippen LogP contribution in [0.2, 0.25) is 5.02 Å². The normalized spacial score (nSPS) is 10.3. The maximum absolute atomic E-state index is 5.94. The van der Waals surface area contributed by atoms with Crippen LogP contribution in [0.25, 0.3) is 11.4 Å². The molecule has 0 aliphatic heterocycles. The predicted molar refractivity (Wildman–Crippen MR) is 56.7 cm³/mol. The van der Waals surface area contributed by atoms with E-state index in [9.17, 15) is 0 Å². The van der Waals surface area contributed by atoms with Crippen LogP contribution < -0.4 is 0 Å². The fourth-order valence-corrected chi connectivity index (χ4v) is 1.73. The molecule has 2 aromatic rings. The molecular weight excluding hydrogens is 251 g/mol. The van der Waals surface area contributed by atoms with E-state index in [1.165, 1.54) is 0 Å². The van der Waals surface area contributed by atoms with E-state index in [4.69, 9.17) is 11.6 Å². The molecule has 1 heterocycles. The number of nitrogens with one attached hydrogen (secondary N) is 1. The maximum atomic E-state index is 5.94. The maximum Gasteiger partial charge on any atom is 0.138 e. The first kappa shape index (κ1) is 8.78. The van der Waals surface area contributed by atoms with Crippen molar-refractivity contribution in [2.75, 3.05) is 0 Å². The zero-order chi connectivity index (χ0) is 9.26. The Morgan fingerprint density at radius 3 is 2.92 bits per heavy atom. The summed E-state index contributed by atoms with van der Waals surface area (Å²) in [4.78, 5) is 7.17. The number of H-pyrrole nitrogens is 1. The molecule has 0 aliphatic rings. The minimum Gasteiger partial charge on any atom is -0.345 e. The van der Waals surface area contributed by atoms with Crippen LogP contribution in [-0.4, -0.2) is 9.97 Å². The van der Waals surface area contributed by atoms with Crippen molar-refractivity contribution < 1.29 is 0 Å². The molecule has 0 spiro atoms. The molecule has 1 N–H and O–H groups in total. The Balaban J connectivity index is 2.59. The highest BCUT2D eigenvalue weighted by atomic mass is 79.9. The third kappa shape index (κ3) is 1.62. The molecule has 0 fully saturated rings. The molecule has 4 heteroatoms. The SMILES string of the molecule is Clc1cccc(-c2ncc[nH]2)c1Br. The molecule has 0 atom stereocenters. The summed E-state index contributed by atoms with van der Waals surface area (Å²) in [6.07, 6.45) is 3.49. The average molecular weight is 258 g/mol. The van der Waals surface area contributed by atoms with Gasteiger partial charge in [-0.05, 0) is 22.0 Å². The third-order valence-corrected chi connectivity index (χ3v) is 3.10. The zero-order valence-corrected chi connectivity index (χ0v) is 8.93. The summed E-state index contributed by atoms with van der Waals surface area (Å²) in [5.41, 5.74) is 0.970. The van der Waals surface area contributed by atoms with Crippen molar-refractivity contribution in [2.24, 2.45) is 0 Å². The molecule has 13 heavy (non-hydrogen) atoms. The number of hydrogen-bond acceptors (Lipinski definition) is 1. The van der Waals surface area contributed by atoms with Crippen LogP contribution in [0.15, 0.2) is 35.1 Å². The van der Waals surface area contributed by atoms with Crippen molar-refractivity contribution in [1.82, 2.24) is 9.97 Å². The van der Waals surface area contributed by atoms with E-state index in [1.807, 2.05) is 18.2 Å². The molecule has 2 nitrogen and oxygen atoms in total. The van der Waals surface area contributed by atoms with E-state index in [2.05, 4.69) is 25.9 Å². The van der Waals surface area contributed by atoms with Gasteiger partial charge < -0.3 is 4.98 Å². The molecule has 2 rings (SSSR count). The molecule has 0 bridgehead atoms. The summed E-state index contributed by atoms with van der Waals surface area (Å²) in [5, 5.41) is 0.689. The Morgan fingerprint density at radius 1 is 1.38 bits per heavy atom. The largest absolute Gasteiger partial charge is 0.345 e. The number of nitrogens with zero attached hydrogens (tertiary/aromatic N) is 1. The van der Waals surface area contributed by atoms with Crippen molar-refractivity contribution in [2.45, 2.75) is 0 Å². The summed E-state index contributed by atoms with van der Waals surface area (Å²) < 4.78 is 0.867. The molecule has 0 amide bonds. The number of rotatable bonds is 1. The smallest absolute Gasteiger partial charge is 0.138 e. The topological polar surface area (TPSA) is 28.7 Å². The number of aromatic amines is 1. The highest BCUT2D eigenvalue weighted by Gasteiger charge is 2.06. The van der Waals surface area contributed by atoms with Gasteiger partial charge in [0.25, 0.3) is 0 Å². The van der Waals surface area contributed by atoms with Gasteiger partial charge in [0.15, 0.2) is 0 Å². The van der Waals surface area contributed by atoms with Crippen LogP contribution in [0, 0.1) is 0 Å². The lowest BCUT2D eigenvalue weighted by molar-refractivity contribution is 1.30. The fourth-order valence-electron chi connectivity index (χ4n) is 1.10. The van der Waals surface area contributed by atoms with Crippen molar-refractivity contribution in [3.05, 3.63) is 40.1 Å². The number of aromatic nitrogens is 2. The first-order chi connectivity index (χ1) is 6.29. The van der Waals surface area contributed by atoms with E-state index < -0.39 is 0 Å². The van der Waals surface area contributed by atoms with Gasteiger partial charge in [-0.15, -0.1) is 0 Å². The van der Waals surface area contributed by atoms with E-state index in [1.54, 1.807) is 12.4 Å². The lowest BCUT2D eigenvalue weighted by Crippen LogP contribution is -1.82. The number of imidazole rings is 1. The molecule has 0 radical (unpaired) electrons. The lowest BCUT2D eigenvalue weighted by Gasteiger charge is -2.01. The average Bonchev–Trinajstić information content (AvgIpc) is 2.62. The monoisotopic (exact) mass is 256 g/mol. The van der Waals surface area contributed by atoms with Gasteiger partial charge in [-0.1, -0.05) is 23.7 Å². The minimum absolute atomic E-state index is 0.689. The highest BCUT2D eigenvalue weighted by Crippen LogP contribution is 2.31. The third-order valence-electron chi connectivity index (χ3n) is 1.70. The summed E-state index contributed by atoms with van der Waals surface area (Å²) in [7, 11) is 0. The summed E-state index contributed by atoms with van der Waals surface area (Å²) in [6, 6.07) is 5.68. The van der Waals surface area contributed by atoms with Crippen LogP contribution >= 0.6 is 27.5 Å². The second kappa shape index (κ2) is 3.52. The van der Waals surface area contributed by atoms with Gasteiger partial charge in [0.2, 0.25) is 0 Å². The van der Waals surface area contributed by atoms with Crippen LogP contribution in [0.1, 0.15) is 0 Å². The second-order valence-corrected chi connectivity index (χ2v) is 3.74. The standard InChI is InChI=1S/C9H6BrClN2/c10-8-6(2-1-3-7(8)11)9-12-4-5-13-9/h1-5H,(H,12,13). The van der Waals surface area contributed by atoms with Gasteiger partial charge in [-0.3, -0.25) is 0 Å². The van der Waals surface area contributed by atoms with E-state index in [0.29, 0.717) is 5.02 Å². The van der Waals surface area contributed by atoms with Gasteiger partial charge in [0.1, 0.15) is 5.82 Å². The quantitative estimate of drug-likeness (QED) is 0.832. The molecular formula is C9H6BrClN2. The van der Waals surface area contributed by atoms with Crippen LogP contribution in [0.3, 0.4) is 0 Å². The molecule has 1 aromatic heterocycles. The van der Waals surface area contributed by atoms with E-state index in [-0.39, 0.29) is 0 Å². The van der Waals surface area contributed by atoms with Gasteiger partial charge in [-0.2, -0.15) is 0 Å². The zero-order valence-electron chi connectivity index (χ0n) is 6.59. The van der Waals surface area contributed by atoms with Gasteiger partial charge in [-0.25, -0.2) is 4.98 Å². The predicted octanol–water partition coefficient (Wildman–Crippen LogP) is 3.49. The van der Waals surface area contributed by atoms with E-state index in [0.717, 1.165) is 15.9 Å². The van der Waals surface area contributed by atoms with Crippen molar-refractivity contribution in [3.63, 3.8) is 0 Å². The second-order valence-electron chi connectivity index (χ2n) is 2.54. The Kier molecular flexibility index (Phi) is 2.38. The molecule has 66 valence electrons. The van der Waals surface area contributed by atoms with Gasteiger partial charge in [0, 0.05) is 22.4 Å². The van der Waals surface area contributed by atoms with Crippen LogP contribution in [-0.2, 0) is 0 Å². The molecule has 0 unspecified atom stereocenters. The molecule has 1 aromatic carbocycles. The first-order valence-electron chi connectivity index (χ1n) is 3.73. The highest BCUT2D eigenvalue weighted by molar-refractivity contribution is 9.10. The van der Waals surface area contributed by atoms with Crippen LogP contribution in [0.5, 0.6) is 0 Å². The first-order valence-corrected chi connectivity index (χ1v) is 4.90. The molecule has 0 saturated carbocycles. The Morgan fingerprint density at radius 2 is 2.23 bits per heavy atom. The Hall–Kier alpha value is -0.800. The summed E-state index contributed by atoms with van der Waals surface area (Å²) in [5.74, 6) is 0.814. The molecule has 0 aliphatic carbocycles. The Labute approximate surface area is 89.1 Å². The van der Waals surface area contributed by atoms with Crippen molar-refractivity contribution in [1.29, 1.82) is 0 Å². The van der Waals surface area contributed by atoms with Gasteiger partial charge in [0.05, 0.1) is 5.02 Å². The lowest BCUT2D eigenvalue weighted by atomic mass is 10.2. The number of benzene rings is 1. The number of halogens is 2. The number of hydrogen-bond donors (Lipinski definition) is 1. The van der Waals surface area contributed by atoms with Crippen molar-refractivity contribution >= 4 is 27.5 Å². The summed E-state index contributed by atoms with van der Waals surface area (Å²) in [6.45, 7) is 0. The Bertz CT molecular complexity index is 412. The van der Waals surface area contributed by atoms with Crippen molar-refractivity contribution in [3.8, 4) is 11.4 Å². The minimum atomic E-state index is 0.689. The van der Waals surface area contributed by atoms with E-state index >= 15 is 0 Å². The fraction of sp³-hybridized carbons (Fsp3) is 0. The summed E-state index contributed by atoms with van der Waals surface area (Å²) >= 11 is 9.35. The van der Waals surface area contributed by atoms with Gasteiger partial charge >= 0.3 is 0 Å². The van der Waals surface area contributed by atoms with Crippen LogP contribution in [0.4, 0.5) is 0 Å².